The van der Waals surface area contributed by atoms with Crippen molar-refractivity contribution in [1.29, 1.82) is 0 Å². The zero-order valence-electron chi connectivity index (χ0n) is 6.72. The average Bonchev–Trinajstić information content (AvgIpc) is 2.60. The van der Waals surface area contributed by atoms with Gasteiger partial charge in [-0.15, -0.1) is 0 Å². The monoisotopic (exact) mass is 292 g/mol. The molecule has 0 saturated heterocycles. The Hall–Kier alpha value is 0.0231. The first-order valence-electron chi connectivity index (χ1n) is 3.49. The molecule has 2 aromatic rings. The number of aromatic nitrogens is 2. The van der Waals surface area contributed by atoms with Crippen LogP contribution in [0.15, 0.2) is 36.7 Å². The second kappa shape index (κ2) is 6.47. The zero-order valence-corrected chi connectivity index (χ0v) is 10.7. The fourth-order valence-electron chi connectivity index (χ4n) is 0.961. The maximum absolute atomic E-state index is 3.23. The molecule has 68 valence electrons. The summed E-state index contributed by atoms with van der Waals surface area (Å²) in [5.41, 5.74) is 0. The van der Waals surface area contributed by atoms with E-state index in [-0.39, 0.29) is 24.8 Å². The summed E-state index contributed by atoms with van der Waals surface area (Å²) in [6, 6.07) is 8.43. The van der Waals surface area contributed by atoms with E-state index in [1.54, 1.807) is 0 Å². The molecule has 0 atom stereocenters. The van der Waals surface area contributed by atoms with E-state index < -0.39 is 23.2 Å². The third-order valence-electron chi connectivity index (χ3n) is 1.47. The van der Waals surface area contributed by atoms with Crippen molar-refractivity contribution in [1.82, 2.24) is 9.97 Å². The molecule has 2 aromatic heterocycles. The van der Waals surface area contributed by atoms with Crippen LogP contribution in [0.5, 0.6) is 0 Å². The van der Waals surface area contributed by atoms with Gasteiger partial charge in [-0.3, -0.25) is 0 Å². The topological polar surface area (TPSA) is 31.6 Å². The number of H-pyrrole nitrogens is 2. The SMILES string of the molecule is [Cl-].[Cl-].c1c[nH][c]([Zr+2][c]2ccc[nH]2)c1. The number of hydrogen-bond donors (Lipinski definition) is 2. The Morgan fingerprint density at radius 2 is 1.31 bits per heavy atom. The van der Waals surface area contributed by atoms with Crippen LogP contribution in [0, 0.1) is 0 Å². The first-order chi connectivity index (χ1) is 5.45. The van der Waals surface area contributed by atoms with Gasteiger partial charge in [-0.1, -0.05) is 0 Å². The van der Waals surface area contributed by atoms with Crippen LogP contribution in [-0.4, -0.2) is 9.97 Å². The molecule has 0 radical (unpaired) electrons. The molecular weight excluding hydrogens is 286 g/mol. The minimum atomic E-state index is -0.534. The molecule has 0 amide bonds. The second-order valence-corrected chi connectivity index (χ2v) is 5.56. The Morgan fingerprint density at radius 3 is 1.62 bits per heavy atom. The van der Waals surface area contributed by atoms with Gasteiger partial charge in [0.1, 0.15) is 0 Å². The number of aromatic amines is 2. The third kappa shape index (κ3) is 3.72. The van der Waals surface area contributed by atoms with Gasteiger partial charge < -0.3 is 24.8 Å². The van der Waals surface area contributed by atoms with E-state index in [2.05, 4.69) is 34.2 Å². The molecule has 0 aliphatic heterocycles. The van der Waals surface area contributed by atoms with Gasteiger partial charge >= 0.3 is 76.7 Å². The minimum absolute atomic E-state index is 0. The Balaban J connectivity index is 0.000000720. The van der Waals surface area contributed by atoms with Crippen LogP contribution in [-0.2, 0) is 23.2 Å². The molecule has 0 fully saturated rings. The normalized spacial score (nSPS) is 8.00. The van der Waals surface area contributed by atoms with Crippen molar-refractivity contribution in [3.8, 4) is 0 Å². The van der Waals surface area contributed by atoms with Crippen LogP contribution in [0.25, 0.3) is 0 Å². The van der Waals surface area contributed by atoms with Gasteiger partial charge in [0.2, 0.25) is 0 Å². The van der Waals surface area contributed by atoms with E-state index >= 15 is 0 Å². The summed E-state index contributed by atoms with van der Waals surface area (Å²) in [7, 11) is 0. The van der Waals surface area contributed by atoms with E-state index in [9.17, 15) is 0 Å². The van der Waals surface area contributed by atoms with Crippen molar-refractivity contribution < 1.29 is 48.0 Å². The third-order valence-corrected chi connectivity index (χ3v) is 4.32. The number of hydrogen-bond acceptors (Lipinski definition) is 0. The van der Waals surface area contributed by atoms with Crippen LogP contribution in [0.1, 0.15) is 0 Å². The maximum atomic E-state index is 3.23. The molecule has 0 unspecified atom stereocenters. The average molecular weight is 294 g/mol. The first-order valence-corrected chi connectivity index (χ1v) is 5.95. The number of rotatable bonds is 2. The molecule has 5 heteroatoms. The van der Waals surface area contributed by atoms with E-state index in [0.717, 1.165) is 0 Å². The molecule has 0 aromatic carbocycles. The Bertz CT molecular complexity index is 273. The van der Waals surface area contributed by atoms with Gasteiger partial charge in [0.15, 0.2) is 0 Å². The standard InChI is InChI=1S/2C4H4N.2ClH.Zr/c2*1-2-4-5-3-1;;;/h2*1-3,5H;2*1H;/q;;;;+2/p-2. The summed E-state index contributed by atoms with van der Waals surface area (Å²) < 4.78 is 2.83. The van der Waals surface area contributed by atoms with Crippen LogP contribution >= 0.6 is 0 Å². The molecule has 13 heavy (non-hydrogen) atoms. The van der Waals surface area contributed by atoms with Crippen molar-refractivity contribution in [2.75, 3.05) is 0 Å². The molecule has 0 bridgehead atoms. The zero-order chi connectivity index (χ0) is 7.52. The molecule has 0 saturated carbocycles. The number of nitrogens with one attached hydrogen (secondary N) is 2. The van der Waals surface area contributed by atoms with Crippen molar-refractivity contribution in [2.45, 2.75) is 0 Å². The summed E-state index contributed by atoms with van der Waals surface area (Å²) in [5, 5.41) is 0. The van der Waals surface area contributed by atoms with Crippen LogP contribution in [0.4, 0.5) is 0 Å². The van der Waals surface area contributed by atoms with Crippen molar-refractivity contribution in [2.24, 2.45) is 0 Å². The van der Waals surface area contributed by atoms with E-state index in [1.165, 1.54) is 6.80 Å². The second-order valence-electron chi connectivity index (χ2n) is 2.29. The molecule has 0 spiro atoms. The summed E-state index contributed by atoms with van der Waals surface area (Å²) in [6.45, 7) is 0. The molecule has 0 aliphatic carbocycles. The molecular formula is C8H8Cl2N2Zr. The van der Waals surface area contributed by atoms with Crippen molar-refractivity contribution in [3.63, 3.8) is 0 Å². The Morgan fingerprint density at radius 1 is 0.846 bits per heavy atom. The van der Waals surface area contributed by atoms with Gasteiger partial charge in [-0.05, 0) is 0 Å². The predicted molar refractivity (Wildman–Crippen MR) is 40.9 cm³/mol. The van der Waals surface area contributed by atoms with Gasteiger partial charge in [-0.25, -0.2) is 0 Å². The summed E-state index contributed by atoms with van der Waals surface area (Å²) in [6.07, 6.45) is 3.97. The number of halogens is 2. The fraction of sp³-hybridized carbons (Fsp3) is 0. The van der Waals surface area contributed by atoms with Crippen LogP contribution in [0.2, 0.25) is 0 Å². The van der Waals surface area contributed by atoms with Crippen molar-refractivity contribution >= 4 is 6.80 Å². The molecule has 0 aliphatic rings. The van der Waals surface area contributed by atoms with E-state index in [1.807, 2.05) is 12.4 Å². The van der Waals surface area contributed by atoms with E-state index in [4.69, 9.17) is 0 Å². The Labute approximate surface area is 101 Å². The van der Waals surface area contributed by atoms with Gasteiger partial charge in [0.05, 0.1) is 0 Å². The van der Waals surface area contributed by atoms with Gasteiger partial charge in [-0.2, -0.15) is 0 Å². The van der Waals surface area contributed by atoms with E-state index in [0.29, 0.717) is 0 Å². The van der Waals surface area contributed by atoms with Gasteiger partial charge in [0.25, 0.3) is 0 Å². The molecule has 2 rings (SSSR count). The van der Waals surface area contributed by atoms with Crippen LogP contribution in [0.3, 0.4) is 0 Å². The molecule has 2 heterocycles. The molecule has 2 nitrogen and oxygen atoms in total. The first kappa shape index (κ1) is 13.0. The predicted octanol–water partition coefficient (Wildman–Crippen LogP) is -5.62. The fourth-order valence-corrected chi connectivity index (χ4v) is 3.32. The Kier molecular flexibility index (Phi) is 6.48. The van der Waals surface area contributed by atoms with Crippen molar-refractivity contribution in [3.05, 3.63) is 36.7 Å². The summed E-state index contributed by atoms with van der Waals surface area (Å²) in [4.78, 5) is 6.46. The quantitative estimate of drug-likeness (QED) is 0.554. The summed E-state index contributed by atoms with van der Waals surface area (Å²) >= 11 is -0.534. The van der Waals surface area contributed by atoms with Crippen LogP contribution < -0.4 is 31.6 Å². The molecule has 2 N–H and O–H groups in total. The van der Waals surface area contributed by atoms with Gasteiger partial charge in [0, 0.05) is 0 Å². The summed E-state index contributed by atoms with van der Waals surface area (Å²) in [5.74, 6) is 0.